The molecule has 1 unspecified atom stereocenters. The topological polar surface area (TPSA) is 69.6 Å². The molecule has 0 bridgehead atoms. The standard InChI is InChI=1S/C21H29F3N2O3/c1-6-7-12-25-16(13-14-8-10-15(11-9-14)21(22,23)24)18(27)26(5)17(19(28)29)20(2,3)4/h6,8-11,16-17,25H,1,7,12-13H2,2-5H3,(H,28,29)/t16-,17?/m0/s1. The largest absolute Gasteiger partial charge is 0.480 e. The van der Waals surface area contributed by atoms with Crippen LogP contribution in [-0.2, 0) is 22.2 Å². The maximum absolute atomic E-state index is 13.1. The molecule has 162 valence electrons. The van der Waals surface area contributed by atoms with Crippen molar-refractivity contribution in [3.05, 3.63) is 48.0 Å². The number of carboxylic acids is 1. The van der Waals surface area contributed by atoms with Gasteiger partial charge in [-0.15, -0.1) is 6.58 Å². The molecule has 0 aliphatic rings. The molecule has 2 N–H and O–H groups in total. The first kappa shape index (κ1) is 24.7. The van der Waals surface area contributed by atoms with Crippen LogP contribution >= 0.6 is 0 Å². The fourth-order valence-electron chi connectivity index (χ4n) is 3.16. The average Bonchev–Trinajstić information content (AvgIpc) is 2.58. The van der Waals surface area contributed by atoms with Gasteiger partial charge in [-0.1, -0.05) is 39.0 Å². The van der Waals surface area contributed by atoms with Crippen molar-refractivity contribution in [1.82, 2.24) is 10.2 Å². The van der Waals surface area contributed by atoms with Crippen LogP contribution in [0.4, 0.5) is 13.2 Å². The van der Waals surface area contributed by atoms with Gasteiger partial charge in [0.25, 0.3) is 0 Å². The summed E-state index contributed by atoms with van der Waals surface area (Å²) >= 11 is 0. The molecule has 2 atom stereocenters. The van der Waals surface area contributed by atoms with Crippen molar-refractivity contribution >= 4 is 11.9 Å². The summed E-state index contributed by atoms with van der Waals surface area (Å²) in [6, 6.07) is 2.78. The average molecular weight is 414 g/mol. The zero-order valence-corrected chi connectivity index (χ0v) is 17.2. The van der Waals surface area contributed by atoms with Crippen molar-refractivity contribution in [2.45, 2.75) is 51.9 Å². The summed E-state index contributed by atoms with van der Waals surface area (Å²) in [5, 5.41) is 12.6. The van der Waals surface area contributed by atoms with Gasteiger partial charge in [0.2, 0.25) is 5.91 Å². The van der Waals surface area contributed by atoms with Crippen LogP contribution in [0.25, 0.3) is 0 Å². The van der Waals surface area contributed by atoms with Crippen LogP contribution in [0, 0.1) is 5.41 Å². The van der Waals surface area contributed by atoms with E-state index >= 15 is 0 Å². The van der Waals surface area contributed by atoms with Gasteiger partial charge in [0.05, 0.1) is 11.6 Å². The minimum atomic E-state index is -4.43. The van der Waals surface area contributed by atoms with E-state index in [1.807, 2.05) is 0 Å². The molecule has 0 aromatic heterocycles. The van der Waals surface area contributed by atoms with Crippen molar-refractivity contribution in [2.75, 3.05) is 13.6 Å². The molecule has 0 saturated carbocycles. The molecule has 5 nitrogen and oxygen atoms in total. The van der Waals surface area contributed by atoms with E-state index in [9.17, 15) is 27.9 Å². The van der Waals surface area contributed by atoms with Crippen LogP contribution in [0.5, 0.6) is 0 Å². The number of carbonyl (C=O) groups is 2. The van der Waals surface area contributed by atoms with E-state index < -0.39 is 41.1 Å². The zero-order valence-electron chi connectivity index (χ0n) is 17.2. The molecule has 8 heteroatoms. The molecule has 0 saturated heterocycles. The molecule has 29 heavy (non-hydrogen) atoms. The Morgan fingerprint density at radius 2 is 1.76 bits per heavy atom. The Hall–Kier alpha value is -2.35. The lowest BCUT2D eigenvalue weighted by Crippen LogP contribution is -2.56. The number of likely N-dealkylation sites (N-methyl/N-ethyl adjacent to an activating group) is 1. The van der Waals surface area contributed by atoms with Gasteiger partial charge in [-0.25, -0.2) is 4.79 Å². The van der Waals surface area contributed by atoms with E-state index in [1.54, 1.807) is 26.8 Å². The lowest BCUT2D eigenvalue weighted by molar-refractivity contribution is -0.154. The number of hydrogen-bond acceptors (Lipinski definition) is 3. The Morgan fingerprint density at radius 3 is 2.17 bits per heavy atom. The SMILES string of the molecule is C=CCCN[C@@H](Cc1ccc(C(F)(F)F)cc1)C(=O)N(C)C(C(=O)O)C(C)(C)C. The van der Waals surface area contributed by atoms with E-state index in [2.05, 4.69) is 11.9 Å². The van der Waals surface area contributed by atoms with E-state index in [0.29, 0.717) is 18.5 Å². The van der Waals surface area contributed by atoms with E-state index in [-0.39, 0.29) is 6.42 Å². The van der Waals surface area contributed by atoms with Crippen molar-refractivity contribution in [3.63, 3.8) is 0 Å². The normalized spacial score (nSPS) is 14.2. The van der Waals surface area contributed by atoms with Gasteiger partial charge < -0.3 is 15.3 Å². The minimum Gasteiger partial charge on any atom is -0.480 e. The van der Waals surface area contributed by atoms with E-state index in [4.69, 9.17) is 0 Å². The number of carboxylic acid groups (broad SMARTS) is 1. The number of aliphatic carboxylic acids is 1. The number of rotatable bonds is 9. The van der Waals surface area contributed by atoms with Gasteiger partial charge in [0.15, 0.2) is 0 Å². The number of halogens is 3. The summed E-state index contributed by atoms with van der Waals surface area (Å²) in [5.74, 6) is -1.55. The summed E-state index contributed by atoms with van der Waals surface area (Å²) in [5.41, 5.74) is -0.922. The van der Waals surface area contributed by atoms with E-state index in [1.165, 1.54) is 24.1 Å². The van der Waals surface area contributed by atoms with E-state index in [0.717, 1.165) is 12.1 Å². The summed E-state index contributed by atoms with van der Waals surface area (Å²) in [6.45, 7) is 9.23. The van der Waals surface area contributed by atoms with Crippen molar-refractivity contribution in [2.24, 2.45) is 5.41 Å². The number of carbonyl (C=O) groups excluding carboxylic acids is 1. The second kappa shape index (κ2) is 9.91. The highest BCUT2D eigenvalue weighted by molar-refractivity contribution is 5.87. The minimum absolute atomic E-state index is 0.134. The Labute approximate surface area is 169 Å². The molecule has 0 radical (unpaired) electrons. The Kier molecular flexibility index (Phi) is 8.44. The van der Waals surface area contributed by atoms with Gasteiger partial charge in [0, 0.05) is 7.05 Å². The first-order chi connectivity index (χ1) is 13.3. The summed E-state index contributed by atoms with van der Waals surface area (Å²) < 4.78 is 38.3. The van der Waals surface area contributed by atoms with Gasteiger partial charge in [-0.05, 0) is 42.5 Å². The van der Waals surface area contributed by atoms with Crippen LogP contribution in [0.2, 0.25) is 0 Å². The summed E-state index contributed by atoms with van der Waals surface area (Å²) in [4.78, 5) is 26.0. The predicted molar refractivity (Wildman–Crippen MR) is 105 cm³/mol. The first-order valence-electron chi connectivity index (χ1n) is 9.29. The fourth-order valence-corrected chi connectivity index (χ4v) is 3.16. The molecular weight excluding hydrogens is 385 g/mol. The first-order valence-corrected chi connectivity index (χ1v) is 9.29. The molecule has 1 aromatic rings. The third-order valence-electron chi connectivity index (χ3n) is 4.55. The Morgan fingerprint density at radius 1 is 1.21 bits per heavy atom. The molecule has 1 amide bonds. The van der Waals surface area contributed by atoms with Crippen LogP contribution in [0.3, 0.4) is 0 Å². The maximum atomic E-state index is 13.1. The fraction of sp³-hybridized carbons (Fsp3) is 0.524. The zero-order chi connectivity index (χ0) is 22.4. The van der Waals surface area contributed by atoms with Crippen molar-refractivity contribution < 1.29 is 27.9 Å². The number of nitrogens with one attached hydrogen (secondary N) is 1. The second-order valence-corrected chi connectivity index (χ2v) is 8.04. The number of hydrogen-bond donors (Lipinski definition) is 2. The monoisotopic (exact) mass is 414 g/mol. The Balaban J connectivity index is 3.08. The lowest BCUT2D eigenvalue weighted by atomic mass is 9.85. The third kappa shape index (κ3) is 7.20. The maximum Gasteiger partial charge on any atom is 0.416 e. The number of nitrogens with zero attached hydrogens (tertiary/aromatic N) is 1. The van der Waals surface area contributed by atoms with Crippen LogP contribution in [0.15, 0.2) is 36.9 Å². The Bertz CT molecular complexity index is 709. The van der Waals surface area contributed by atoms with Crippen LogP contribution < -0.4 is 5.32 Å². The van der Waals surface area contributed by atoms with Gasteiger partial charge in [-0.3, -0.25) is 4.79 Å². The van der Waals surface area contributed by atoms with Gasteiger partial charge >= 0.3 is 12.1 Å². The third-order valence-corrected chi connectivity index (χ3v) is 4.55. The quantitative estimate of drug-likeness (QED) is 0.477. The smallest absolute Gasteiger partial charge is 0.416 e. The van der Waals surface area contributed by atoms with Gasteiger partial charge in [0.1, 0.15) is 6.04 Å². The molecule has 1 aromatic carbocycles. The lowest BCUT2D eigenvalue weighted by Gasteiger charge is -2.36. The molecule has 0 spiro atoms. The number of amides is 1. The highest BCUT2D eigenvalue weighted by Crippen LogP contribution is 2.29. The van der Waals surface area contributed by atoms with Crippen LogP contribution in [-0.4, -0.2) is 47.6 Å². The predicted octanol–water partition coefficient (Wildman–Crippen LogP) is 3.74. The van der Waals surface area contributed by atoms with Gasteiger partial charge in [-0.2, -0.15) is 13.2 Å². The van der Waals surface area contributed by atoms with Crippen molar-refractivity contribution in [1.29, 1.82) is 0 Å². The summed E-state index contributed by atoms with van der Waals surface area (Å²) in [6.07, 6.45) is -2.04. The highest BCUT2D eigenvalue weighted by Gasteiger charge is 2.39. The molecule has 0 aliphatic heterocycles. The number of alkyl halides is 3. The molecular formula is C21H29F3N2O3. The number of benzene rings is 1. The second-order valence-electron chi connectivity index (χ2n) is 8.04. The molecule has 1 rings (SSSR count). The van der Waals surface area contributed by atoms with Crippen molar-refractivity contribution in [3.8, 4) is 0 Å². The highest BCUT2D eigenvalue weighted by atomic mass is 19.4. The van der Waals surface area contributed by atoms with Crippen LogP contribution in [0.1, 0.15) is 38.3 Å². The molecule has 0 aliphatic carbocycles. The molecule has 0 fully saturated rings. The summed E-state index contributed by atoms with van der Waals surface area (Å²) in [7, 11) is 1.43. The molecule has 0 heterocycles.